The van der Waals surface area contributed by atoms with Crippen LogP contribution in [-0.2, 0) is 14.8 Å². The Morgan fingerprint density at radius 3 is 2.52 bits per heavy atom. The van der Waals surface area contributed by atoms with Crippen molar-refractivity contribution in [3.63, 3.8) is 0 Å². The zero-order valence-corrected chi connectivity index (χ0v) is 18.9. The van der Waals surface area contributed by atoms with Crippen LogP contribution in [0, 0.1) is 6.92 Å². The predicted molar refractivity (Wildman–Crippen MR) is 122 cm³/mol. The van der Waals surface area contributed by atoms with Gasteiger partial charge in [0.1, 0.15) is 0 Å². The normalized spacial score (nSPS) is 12.0. The van der Waals surface area contributed by atoms with Gasteiger partial charge in [0.05, 0.1) is 16.2 Å². The molecule has 10 heteroatoms. The van der Waals surface area contributed by atoms with Crippen molar-refractivity contribution in [1.82, 2.24) is 18.9 Å². The van der Waals surface area contributed by atoms with Gasteiger partial charge in [-0.05, 0) is 48.9 Å². The van der Waals surface area contributed by atoms with Crippen molar-refractivity contribution in [3.05, 3.63) is 60.2 Å². The molecule has 0 atom stereocenters. The van der Waals surface area contributed by atoms with Crippen LogP contribution in [0.4, 0.5) is 5.69 Å². The number of carbonyl (C=O) groups excluding carboxylic acids is 1. The van der Waals surface area contributed by atoms with Gasteiger partial charge in [-0.3, -0.25) is 9.20 Å². The number of rotatable bonds is 6. The molecule has 0 saturated carbocycles. The number of aryl methyl sites for hydroxylation is 1. The molecule has 1 amide bonds. The smallest absolute Gasteiger partial charge is 0.242 e. The summed E-state index contributed by atoms with van der Waals surface area (Å²) in [7, 11) is -0.559. The van der Waals surface area contributed by atoms with Gasteiger partial charge in [-0.1, -0.05) is 30.0 Å². The molecule has 0 bridgehead atoms. The number of carbonyl (C=O) groups is 1. The molecule has 4 rings (SSSR count). The highest BCUT2D eigenvalue weighted by Gasteiger charge is 2.17. The molecule has 160 valence electrons. The van der Waals surface area contributed by atoms with Gasteiger partial charge in [-0.2, -0.15) is 0 Å². The molecule has 0 aliphatic carbocycles. The van der Waals surface area contributed by atoms with E-state index in [4.69, 9.17) is 0 Å². The van der Waals surface area contributed by atoms with Crippen LogP contribution in [0.5, 0.6) is 0 Å². The summed E-state index contributed by atoms with van der Waals surface area (Å²) in [6.45, 7) is 2.03. The van der Waals surface area contributed by atoms with Crippen LogP contribution in [0.2, 0.25) is 0 Å². The summed E-state index contributed by atoms with van der Waals surface area (Å²) in [5.74, 6) is -0.0813. The Morgan fingerprint density at radius 2 is 1.81 bits per heavy atom. The molecular weight excluding hydrogens is 434 g/mol. The molecule has 0 saturated heterocycles. The third-order valence-electron chi connectivity index (χ3n) is 4.82. The van der Waals surface area contributed by atoms with Gasteiger partial charge in [0, 0.05) is 25.2 Å². The molecule has 2 aromatic heterocycles. The Bertz CT molecular complexity index is 1380. The van der Waals surface area contributed by atoms with E-state index in [0.717, 1.165) is 26.4 Å². The Balaban J connectivity index is 1.48. The molecule has 0 fully saturated rings. The summed E-state index contributed by atoms with van der Waals surface area (Å²) in [5, 5.41) is 13.0. The number of hydrogen-bond donors (Lipinski definition) is 1. The van der Waals surface area contributed by atoms with Gasteiger partial charge in [-0.25, -0.2) is 12.7 Å². The zero-order valence-electron chi connectivity index (χ0n) is 17.2. The number of anilines is 1. The van der Waals surface area contributed by atoms with Crippen LogP contribution >= 0.6 is 11.8 Å². The van der Waals surface area contributed by atoms with E-state index >= 15 is 0 Å². The maximum Gasteiger partial charge on any atom is 0.242 e. The molecule has 0 aliphatic heterocycles. The zero-order chi connectivity index (χ0) is 22.2. The van der Waals surface area contributed by atoms with E-state index in [2.05, 4.69) is 15.5 Å². The van der Waals surface area contributed by atoms with Crippen LogP contribution in [-0.4, -0.2) is 53.1 Å². The van der Waals surface area contributed by atoms with Gasteiger partial charge in [0.15, 0.2) is 10.8 Å². The molecule has 1 N–H and O–H groups in total. The summed E-state index contributed by atoms with van der Waals surface area (Å²) in [5.41, 5.74) is 3.36. The molecule has 0 aliphatic rings. The van der Waals surface area contributed by atoms with Crippen molar-refractivity contribution in [3.8, 4) is 0 Å². The minimum atomic E-state index is -3.51. The van der Waals surface area contributed by atoms with Gasteiger partial charge >= 0.3 is 0 Å². The van der Waals surface area contributed by atoms with Crippen LogP contribution in [0.15, 0.2) is 64.6 Å². The number of pyridine rings is 1. The molecule has 2 aromatic carbocycles. The third-order valence-corrected chi connectivity index (χ3v) is 7.58. The van der Waals surface area contributed by atoms with E-state index in [-0.39, 0.29) is 16.6 Å². The first-order chi connectivity index (χ1) is 14.8. The number of aromatic nitrogens is 3. The van der Waals surface area contributed by atoms with Crippen LogP contribution in [0.1, 0.15) is 5.56 Å². The number of nitrogens with zero attached hydrogens (tertiary/aromatic N) is 4. The van der Waals surface area contributed by atoms with E-state index in [1.165, 1.54) is 38.0 Å². The second-order valence-corrected chi connectivity index (χ2v) is 10.3. The lowest BCUT2D eigenvalue weighted by Gasteiger charge is -2.12. The summed E-state index contributed by atoms with van der Waals surface area (Å²) in [4.78, 5) is 12.6. The largest absolute Gasteiger partial charge is 0.325 e. The van der Waals surface area contributed by atoms with Gasteiger partial charge in [-0.15, -0.1) is 10.2 Å². The van der Waals surface area contributed by atoms with Gasteiger partial charge < -0.3 is 5.32 Å². The monoisotopic (exact) mass is 455 g/mol. The number of para-hydroxylation sites is 1. The fourth-order valence-corrected chi connectivity index (χ4v) is 4.87. The maximum absolute atomic E-state index is 12.4. The Kier molecular flexibility index (Phi) is 5.69. The molecule has 0 unspecified atom stereocenters. The summed E-state index contributed by atoms with van der Waals surface area (Å²) in [6.07, 6.45) is 0. The topological polar surface area (TPSA) is 96.7 Å². The standard InChI is InChI=1S/C21H21N5O3S2/c1-14-12-19-23-24-21(26(19)18-7-5-4-6-17(14)18)30-13-20(27)22-15-8-10-16(11-9-15)31(28,29)25(2)3/h4-12H,13H2,1-3H3,(H,22,27). The lowest BCUT2D eigenvalue weighted by Crippen LogP contribution is -2.22. The van der Waals surface area contributed by atoms with E-state index in [1.54, 1.807) is 12.1 Å². The van der Waals surface area contributed by atoms with Crippen LogP contribution in [0.25, 0.3) is 16.6 Å². The number of nitrogens with one attached hydrogen (secondary N) is 1. The van der Waals surface area contributed by atoms with E-state index in [0.29, 0.717) is 10.8 Å². The van der Waals surface area contributed by atoms with E-state index in [1.807, 2.05) is 41.7 Å². The van der Waals surface area contributed by atoms with Crippen molar-refractivity contribution < 1.29 is 13.2 Å². The van der Waals surface area contributed by atoms with E-state index < -0.39 is 10.0 Å². The molecule has 0 spiro atoms. The molecule has 4 aromatic rings. The van der Waals surface area contributed by atoms with Gasteiger partial charge in [0.25, 0.3) is 0 Å². The minimum Gasteiger partial charge on any atom is -0.325 e. The molecular formula is C21H21N5O3S2. The SMILES string of the molecule is Cc1cc2nnc(SCC(=O)Nc3ccc(S(=O)(=O)N(C)C)cc3)n2c2ccccc12. The number of thioether (sulfide) groups is 1. The first kappa shape index (κ1) is 21.3. The van der Waals surface area contributed by atoms with Crippen molar-refractivity contribution >= 4 is 49.9 Å². The predicted octanol–water partition coefficient (Wildman–Crippen LogP) is 3.17. The lowest BCUT2D eigenvalue weighted by molar-refractivity contribution is -0.113. The first-order valence-electron chi connectivity index (χ1n) is 9.46. The molecule has 2 heterocycles. The van der Waals surface area contributed by atoms with Crippen molar-refractivity contribution in [2.75, 3.05) is 25.2 Å². The first-order valence-corrected chi connectivity index (χ1v) is 11.9. The lowest BCUT2D eigenvalue weighted by atomic mass is 10.1. The highest BCUT2D eigenvalue weighted by Crippen LogP contribution is 2.26. The Labute approximate surface area is 184 Å². The number of benzene rings is 2. The average molecular weight is 456 g/mol. The highest BCUT2D eigenvalue weighted by molar-refractivity contribution is 7.99. The van der Waals surface area contributed by atoms with Gasteiger partial charge in [0.2, 0.25) is 15.9 Å². The average Bonchev–Trinajstić information content (AvgIpc) is 3.15. The maximum atomic E-state index is 12.4. The fourth-order valence-electron chi connectivity index (χ4n) is 3.22. The number of fused-ring (bicyclic) bond motifs is 3. The summed E-state index contributed by atoms with van der Waals surface area (Å²) in [6, 6.07) is 16.1. The number of amides is 1. The molecule has 31 heavy (non-hydrogen) atoms. The highest BCUT2D eigenvalue weighted by atomic mass is 32.2. The Hall–Kier alpha value is -2.95. The second-order valence-electron chi connectivity index (χ2n) is 7.17. The van der Waals surface area contributed by atoms with Crippen molar-refractivity contribution in [2.45, 2.75) is 17.0 Å². The van der Waals surface area contributed by atoms with E-state index in [9.17, 15) is 13.2 Å². The fraction of sp³-hybridized carbons (Fsp3) is 0.190. The Morgan fingerprint density at radius 1 is 1.10 bits per heavy atom. The summed E-state index contributed by atoms with van der Waals surface area (Å²) >= 11 is 1.29. The second kappa shape index (κ2) is 8.29. The number of hydrogen-bond acceptors (Lipinski definition) is 6. The number of sulfonamides is 1. The van der Waals surface area contributed by atoms with Crippen LogP contribution in [0.3, 0.4) is 0 Å². The quantitative estimate of drug-likeness (QED) is 0.449. The van der Waals surface area contributed by atoms with Crippen LogP contribution < -0.4 is 5.32 Å². The minimum absolute atomic E-state index is 0.140. The molecule has 0 radical (unpaired) electrons. The summed E-state index contributed by atoms with van der Waals surface area (Å²) < 4.78 is 27.4. The van der Waals surface area contributed by atoms with Crippen molar-refractivity contribution in [1.29, 1.82) is 0 Å². The molecule has 8 nitrogen and oxygen atoms in total. The van der Waals surface area contributed by atoms with Crippen molar-refractivity contribution in [2.24, 2.45) is 0 Å². The third kappa shape index (κ3) is 4.14.